The van der Waals surface area contributed by atoms with E-state index in [2.05, 4.69) is 5.32 Å². The number of nitrogens with one attached hydrogen (secondary N) is 1. The van der Waals surface area contributed by atoms with Crippen molar-refractivity contribution in [2.45, 2.75) is 32.9 Å². The van der Waals surface area contributed by atoms with Crippen LogP contribution in [0.5, 0.6) is 0 Å². The fourth-order valence-electron chi connectivity index (χ4n) is 3.08. The zero-order valence-corrected chi connectivity index (χ0v) is 16.4. The molecular formula is C22H20F3NO4. The van der Waals surface area contributed by atoms with E-state index in [4.69, 9.17) is 9.15 Å². The van der Waals surface area contributed by atoms with Gasteiger partial charge in [0.15, 0.2) is 0 Å². The van der Waals surface area contributed by atoms with Gasteiger partial charge in [0.1, 0.15) is 5.58 Å². The SMILES string of the molecule is CCCc1ccc(NC(=O)c2ccc3cc(C(=O)OCC)oc3c2)cc1C(F)(F)F. The fourth-order valence-corrected chi connectivity index (χ4v) is 3.08. The highest BCUT2D eigenvalue weighted by atomic mass is 19.4. The molecule has 1 N–H and O–H groups in total. The minimum Gasteiger partial charge on any atom is -0.460 e. The Balaban J connectivity index is 1.85. The minimum atomic E-state index is -4.51. The molecule has 8 heteroatoms. The Morgan fingerprint density at radius 2 is 1.83 bits per heavy atom. The summed E-state index contributed by atoms with van der Waals surface area (Å²) in [5.74, 6) is -1.21. The summed E-state index contributed by atoms with van der Waals surface area (Å²) in [6, 6.07) is 9.76. The first-order valence-corrected chi connectivity index (χ1v) is 9.45. The molecule has 0 saturated heterocycles. The van der Waals surface area contributed by atoms with Gasteiger partial charge < -0.3 is 14.5 Å². The van der Waals surface area contributed by atoms with E-state index >= 15 is 0 Å². The smallest absolute Gasteiger partial charge is 0.416 e. The average Bonchev–Trinajstić information content (AvgIpc) is 3.12. The normalized spacial score (nSPS) is 11.5. The molecule has 0 bridgehead atoms. The summed E-state index contributed by atoms with van der Waals surface area (Å²) in [5.41, 5.74) is -0.0634. The van der Waals surface area contributed by atoms with Gasteiger partial charge in [-0.2, -0.15) is 13.2 Å². The second kappa shape index (κ2) is 8.61. The number of furan rings is 1. The molecule has 30 heavy (non-hydrogen) atoms. The zero-order valence-electron chi connectivity index (χ0n) is 16.4. The highest BCUT2D eigenvalue weighted by Gasteiger charge is 2.33. The van der Waals surface area contributed by atoms with Gasteiger partial charge in [-0.25, -0.2) is 4.79 Å². The Morgan fingerprint density at radius 3 is 2.50 bits per heavy atom. The molecule has 2 aromatic carbocycles. The van der Waals surface area contributed by atoms with Crippen LogP contribution in [0, 0.1) is 0 Å². The Morgan fingerprint density at radius 1 is 1.07 bits per heavy atom. The molecule has 0 saturated carbocycles. The number of amides is 1. The lowest BCUT2D eigenvalue weighted by Crippen LogP contribution is -2.14. The number of anilines is 1. The van der Waals surface area contributed by atoms with E-state index in [1.54, 1.807) is 19.9 Å². The molecule has 0 atom stereocenters. The van der Waals surface area contributed by atoms with E-state index < -0.39 is 23.6 Å². The number of aryl methyl sites for hydroxylation is 1. The van der Waals surface area contributed by atoms with Crippen LogP contribution in [0.2, 0.25) is 0 Å². The number of halogens is 3. The van der Waals surface area contributed by atoms with Crippen molar-refractivity contribution in [2.75, 3.05) is 11.9 Å². The standard InChI is InChI=1S/C22H20F3NO4/c1-3-5-13-8-9-16(12-17(13)22(23,24)25)26-20(27)15-7-6-14-10-19(21(28)29-4-2)30-18(14)11-15/h6-12H,3-5H2,1-2H3,(H,26,27). The molecular weight excluding hydrogens is 399 g/mol. The third-order valence-electron chi connectivity index (χ3n) is 4.45. The van der Waals surface area contributed by atoms with E-state index in [0.29, 0.717) is 23.8 Å². The molecule has 1 aromatic heterocycles. The summed E-state index contributed by atoms with van der Waals surface area (Å²) in [6.45, 7) is 3.66. The van der Waals surface area contributed by atoms with Crippen LogP contribution >= 0.6 is 0 Å². The van der Waals surface area contributed by atoms with Crippen LogP contribution in [-0.2, 0) is 17.3 Å². The van der Waals surface area contributed by atoms with Gasteiger partial charge in [0.05, 0.1) is 12.2 Å². The van der Waals surface area contributed by atoms with Crippen LogP contribution in [0.15, 0.2) is 46.9 Å². The molecule has 0 fully saturated rings. The number of benzene rings is 2. The second-order valence-corrected chi connectivity index (χ2v) is 6.66. The van der Waals surface area contributed by atoms with Crippen molar-refractivity contribution in [3.05, 3.63) is 64.9 Å². The third kappa shape index (κ3) is 4.64. The number of hydrogen-bond acceptors (Lipinski definition) is 4. The molecule has 3 rings (SSSR count). The summed E-state index contributed by atoms with van der Waals surface area (Å²) >= 11 is 0. The number of hydrogen-bond donors (Lipinski definition) is 1. The highest BCUT2D eigenvalue weighted by Crippen LogP contribution is 2.34. The number of ether oxygens (including phenoxy) is 1. The van der Waals surface area contributed by atoms with Gasteiger partial charge in [-0.1, -0.05) is 25.5 Å². The number of rotatable bonds is 6. The van der Waals surface area contributed by atoms with Crippen LogP contribution < -0.4 is 5.32 Å². The second-order valence-electron chi connectivity index (χ2n) is 6.66. The Hall–Kier alpha value is -3.29. The van der Waals surface area contributed by atoms with E-state index in [9.17, 15) is 22.8 Å². The van der Waals surface area contributed by atoms with Crippen LogP contribution in [0.1, 0.15) is 52.3 Å². The molecule has 0 spiro atoms. The predicted octanol–water partition coefficient (Wildman–Crippen LogP) is 5.83. The molecule has 0 aliphatic heterocycles. The van der Waals surface area contributed by atoms with E-state index in [-0.39, 0.29) is 29.2 Å². The number of carbonyl (C=O) groups is 2. The van der Waals surface area contributed by atoms with Crippen molar-refractivity contribution in [1.82, 2.24) is 0 Å². The Labute approximate surface area is 170 Å². The van der Waals surface area contributed by atoms with Crippen molar-refractivity contribution in [1.29, 1.82) is 0 Å². The van der Waals surface area contributed by atoms with E-state index in [1.165, 1.54) is 30.3 Å². The summed E-state index contributed by atoms with van der Waals surface area (Å²) < 4.78 is 50.3. The third-order valence-corrected chi connectivity index (χ3v) is 4.45. The summed E-state index contributed by atoms with van der Waals surface area (Å²) in [6.07, 6.45) is -3.64. The number of fused-ring (bicyclic) bond motifs is 1. The molecule has 158 valence electrons. The van der Waals surface area contributed by atoms with Gasteiger partial charge in [0.2, 0.25) is 5.76 Å². The highest BCUT2D eigenvalue weighted by molar-refractivity contribution is 6.06. The summed E-state index contributed by atoms with van der Waals surface area (Å²) in [5, 5.41) is 3.08. The van der Waals surface area contributed by atoms with Gasteiger partial charge >= 0.3 is 12.1 Å². The van der Waals surface area contributed by atoms with Gasteiger partial charge in [-0.15, -0.1) is 0 Å². The molecule has 1 amide bonds. The lowest BCUT2D eigenvalue weighted by Gasteiger charge is -2.14. The molecule has 3 aromatic rings. The van der Waals surface area contributed by atoms with Crippen molar-refractivity contribution in [3.8, 4) is 0 Å². The lowest BCUT2D eigenvalue weighted by atomic mass is 10.0. The molecule has 0 unspecified atom stereocenters. The zero-order chi connectivity index (χ0) is 21.9. The van der Waals surface area contributed by atoms with Gasteiger partial charge in [0, 0.05) is 16.6 Å². The number of alkyl halides is 3. The predicted molar refractivity (Wildman–Crippen MR) is 106 cm³/mol. The first kappa shape index (κ1) is 21.4. The maximum absolute atomic E-state index is 13.3. The van der Waals surface area contributed by atoms with Crippen LogP contribution in [0.3, 0.4) is 0 Å². The van der Waals surface area contributed by atoms with Gasteiger partial charge in [-0.3, -0.25) is 4.79 Å². The maximum Gasteiger partial charge on any atom is 0.416 e. The molecule has 0 radical (unpaired) electrons. The molecule has 0 aliphatic carbocycles. The lowest BCUT2D eigenvalue weighted by molar-refractivity contribution is -0.138. The molecule has 0 aliphatic rings. The van der Waals surface area contributed by atoms with Crippen molar-refractivity contribution in [3.63, 3.8) is 0 Å². The van der Waals surface area contributed by atoms with E-state index in [0.717, 1.165) is 6.07 Å². The summed E-state index contributed by atoms with van der Waals surface area (Å²) in [4.78, 5) is 24.3. The largest absolute Gasteiger partial charge is 0.460 e. The van der Waals surface area contributed by atoms with Gasteiger partial charge in [-0.05, 0) is 49.2 Å². The first-order valence-electron chi connectivity index (χ1n) is 9.45. The topological polar surface area (TPSA) is 68.5 Å². The number of esters is 1. The van der Waals surface area contributed by atoms with Crippen LogP contribution in [0.4, 0.5) is 18.9 Å². The molecule has 5 nitrogen and oxygen atoms in total. The monoisotopic (exact) mass is 419 g/mol. The minimum absolute atomic E-state index is 0.00531. The van der Waals surface area contributed by atoms with Crippen molar-refractivity contribution >= 4 is 28.5 Å². The quantitative estimate of drug-likeness (QED) is 0.510. The average molecular weight is 419 g/mol. The fraction of sp³-hybridized carbons (Fsp3) is 0.273. The van der Waals surface area contributed by atoms with Gasteiger partial charge in [0.25, 0.3) is 5.91 Å². The number of carbonyl (C=O) groups excluding carboxylic acids is 2. The van der Waals surface area contributed by atoms with Crippen molar-refractivity contribution < 1.29 is 31.9 Å². The molecule has 1 heterocycles. The Kier molecular flexibility index (Phi) is 6.14. The van der Waals surface area contributed by atoms with E-state index in [1.807, 2.05) is 0 Å². The summed E-state index contributed by atoms with van der Waals surface area (Å²) in [7, 11) is 0. The first-order chi connectivity index (χ1) is 14.2. The van der Waals surface area contributed by atoms with Crippen molar-refractivity contribution in [2.24, 2.45) is 0 Å². The maximum atomic E-state index is 13.3. The van der Waals surface area contributed by atoms with Crippen LogP contribution in [-0.4, -0.2) is 18.5 Å². The Bertz CT molecular complexity index is 1090. The van der Waals surface area contributed by atoms with Crippen LogP contribution in [0.25, 0.3) is 11.0 Å².